The first-order chi connectivity index (χ1) is 9.63. The number of benzene rings is 2. The molecule has 4 heteroatoms. The number of rotatable bonds is 4. The monoisotopic (exact) mass is 286 g/mol. The zero-order valence-corrected chi connectivity index (χ0v) is 11.9. The van der Waals surface area contributed by atoms with Crippen LogP contribution in [0.15, 0.2) is 42.5 Å². The van der Waals surface area contributed by atoms with Crippen molar-refractivity contribution < 1.29 is 5.11 Å². The third-order valence-electron chi connectivity index (χ3n) is 3.11. The summed E-state index contributed by atoms with van der Waals surface area (Å²) in [7, 11) is 1.93. The lowest BCUT2D eigenvalue weighted by Crippen LogP contribution is -2.17. The van der Waals surface area contributed by atoms with Crippen molar-refractivity contribution in [3.63, 3.8) is 0 Å². The molecule has 0 atom stereocenters. The maximum Gasteiger partial charge on any atom is 0.101 e. The van der Waals surface area contributed by atoms with E-state index in [1.54, 1.807) is 6.07 Å². The summed E-state index contributed by atoms with van der Waals surface area (Å²) in [5.74, 6) is 0. The molecule has 2 rings (SSSR count). The van der Waals surface area contributed by atoms with Crippen LogP contribution in [0.25, 0.3) is 0 Å². The maximum absolute atomic E-state index is 9.21. The van der Waals surface area contributed by atoms with Crippen molar-refractivity contribution in [3.8, 4) is 6.07 Å². The fraction of sp³-hybridized carbons (Fsp3) is 0.188. The second-order valence-corrected chi connectivity index (χ2v) is 5.04. The quantitative estimate of drug-likeness (QED) is 0.938. The van der Waals surface area contributed by atoms with Gasteiger partial charge in [0.25, 0.3) is 0 Å². The zero-order chi connectivity index (χ0) is 14.5. The van der Waals surface area contributed by atoms with Crippen LogP contribution < -0.4 is 4.90 Å². The molecule has 0 radical (unpaired) electrons. The molecular formula is C16H15ClN2O. The van der Waals surface area contributed by atoms with Gasteiger partial charge < -0.3 is 10.0 Å². The van der Waals surface area contributed by atoms with Crippen molar-refractivity contribution >= 4 is 17.3 Å². The summed E-state index contributed by atoms with van der Waals surface area (Å²) in [4.78, 5) is 2.00. The highest BCUT2D eigenvalue weighted by Gasteiger charge is 2.09. The third-order valence-corrected chi connectivity index (χ3v) is 3.36. The van der Waals surface area contributed by atoms with Crippen LogP contribution in [0.3, 0.4) is 0 Å². The molecule has 0 saturated carbocycles. The molecule has 0 saturated heterocycles. The van der Waals surface area contributed by atoms with Crippen LogP contribution in [0.5, 0.6) is 0 Å². The predicted molar refractivity (Wildman–Crippen MR) is 80.6 cm³/mol. The highest BCUT2D eigenvalue weighted by atomic mass is 35.5. The van der Waals surface area contributed by atoms with Crippen LogP contribution in [0, 0.1) is 11.3 Å². The van der Waals surface area contributed by atoms with Gasteiger partial charge in [0, 0.05) is 18.6 Å². The first kappa shape index (κ1) is 14.4. The van der Waals surface area contributed by atoms with E-state index in [4.69, 9.17) is 16.7 Å². The van der Waals surface area contributed by atoms with Crippen molar-refractivity contribution in [2.24, 2.45) is 0 Å². The molecule has 0 unspecified atom stereocenters. The van der Waals surface area contributed by atoms with Crippen LogP contribution >= 0.6 is 11.6 Å². The van der Waals surface area contributed by atoms with E-state index in [0.29, 0.717) is 17.1 Å². The van der Waals surface area contributed by atoms with Crippen LogP contribution in [0.4, 0.5) is 5.69 Å². The molecular weight excluding hydrogens is 272 g/mol. The largest absolute Gasteiger partial charge is 0.392 e. The van der Waals surface area contributed by atoms with Crippen LogP contribution in [-0.2, 0) is 13.2 Å². The van der Waals surface area contributed by atoms with Gasteiger partial charge in [-0.15, -0.1) is 0 Å². The van der Waals surface area contributed by atoms with Crippen molar-refractivity contribution in [1.82, 2.24) is 0 Å². The summed E-state index contributed by atoms with van der Waals surface area (Å²) in [5, 5.41) is 19.0. The van der Waals surface area contributed by atoms with E-state index in [-0.39, 0.29) is 6.61 Å². The highest BCUT2D eigenvalue weighted by Crippen LogP contribution is 2.22. The summed E-state index contributed by atoms with van der Waals surface area (Å²) in [5.41, 5.74) is 3.27. The molecule has 0 fully saturated rings. The van der Waals surface area contributed by atoms with Crippen molar-refractivity contribution in [3.05, 3.63) is 64.2 Å². The number of halogens is 1. The van der Waals surface area contributed by atoms with E-state index in [1.807, 2.05) is 48.3 Å². The molecule has 2 aromatic rings. The van der Waals surface area contributed by atoms with E-state index >= 15 is 0 Å². The first-order valence-electron chi connectivity index (χ1n) is 6.23. The second kappa shape index (κ2) is 6.42. The fourth-order valence-corrected chi connectivity index (χ4v) is 2.18. The van der Waals surface area contributed by atoms with E-state index in [2.05, 4.69) is 6.07 Å². The van der Waals surface area contributed by atoms with Gasteiger partial charge in [-0.05, 0) is 35.4 Å². The minimum atomic E-state index is -0.0597. The molecule has 102 valence electrons. The predicted octanol–water partition coefficient (Wildman–Crippen LogP) is 3.34. The van der Waals surface area contributed by atoms with Gasteiger partial charge >= 0.3 is 0 Å². The minimum Gasteiger partial charge on any atom is -0.392 e. The van der Waals surface area contributed by atoms with E-state index in [0.717, 1.165) is 16.8 Å². The second-order valence-electron chi connectivity index (χ2n) is 4.60. The lowest BCUT2D eigenvalue weighted by molar-refractivity contribution is 0.282. The Hall–Kier alpha value is -2.02. The van der Waals surface area contributed by atoms with Crippen LogP contribution in [0.1, 0.15) is 16.7 Å². The number of aliphatic hydroxyl groups excluding tert-OH is 1. The Balaban J connectivity index is 2.22. The lowest BCUT2D eigenvalue weighted by atomic mass is 10.1. The molecule has 0 amide bonds. The van der Waals surface area contributed by atoms with Crippen molar-refractivity contribution in [2.45, 2.75) is 13.2 Å². The van der Waals surface area contributed by atoms with Gasteiger partial charge in [0.15, 0.2) is 0 Å². The molecule has 20 heavy (non-hydrogen) atoms. The number of aliphatic hydroxyl groups is 1. The third kappa shape index (κ3) is 3.30. The topological polar surface area (TPSA) is 47.3 Å². The molecule has 0 aliphatic heterocycles. The summed E-state index contributed by atoms with van der Waals surface area (Å²) < 4.78 is 0. The summed E-state index contributed by atoms with van der Waals surface area (Å²) >= 11 is 5.87. The standard InChI is InChI=1S/C16H15ClN2O/c1-19(10-12-2-5-15(17)6-3-12)16-7-4-13(11-20)8-14(16)9-18/h2-8,20H,10-11H2,1H3. The van der Waals surface area contributed by atoms with Gasteiger partial charge in [-0.1, -0.05) is 29.8 Å². The van der Waals surface area contributed by atoms with Gasteiger partial charge in [-0.2, -0.15) is 5.26 Å². The molecule has 0 heterocycles. The Kier molecular flexibility index (Phi) is 4.62. The van der Waals surface area contributed by atoms with Gasteiger partial charge in [-0.3, -0.25) is 0 Å². The Labute approximate surface area is 123 Å². The Morgan fingerprint density at radius 2 is 1.80 bits per heavy atom. The smallest absolute Gasteiger partial charge is 0.101 e. The maximum atomic E-state index is 9.21. The number of nitrogens with zero attached hydrogens (tertiary/aromatic N) is 2. The molecule has 0 aliphatic rings. The van der Waals surface area contributed by atoms with Gasteiger partial charge in [0.05, 0.1) is 17.9 Å². The molecule has 0 bridgehead atoms. The highest BCUT2D eigenvalue weighted by molar-refractivity contribution is 6.30. The van der Waals surface area contributed by atoms with Gasteiger partial charge in [0.2, 0.25) is 0 Å². The number of hydrogen-bond donors (Lipinski definition) is 1. The molecule has 2 aromatic carbocycles. The number of hydrogen-bond acceptors (Lipinski definition) is 3. The zero-order valence-electron chi connectivity index (χ0n) is 11.2. The lowest BCUT2D eigenvalue weighted by Gasteiger charge is -2.21. The first-order valence-corrected chi connectivity index (χ1v) is 6.61. The number of nitriles is 1. The molecule has 0 aliphatic carbocycles. The van der Waals surface area contributed by atoms with Crippen molar-refractivity contribution in [2.75, 3.05) is 11.9 Å². The average molecular weight is 287 g/mol. The fourth-order valence-electron chi connectivity index (χ4n) is 2.05. The van der Waals surface area contributed by atoms with Gasteiger partial charge in [0.1, 0.15) is 6.07 Å². The number of anilines is 1. The van der Waals surface area contributed by atoms with Gasteiger partial charge in [-0.25, -0.2) is 0 Å². The Bertz CT molecular complexity index is 632. The molecule has 3 nitrogen and oxygen atoms in total. The normalized spacial score (nSPS) is 10.1. The molecule has 1 N–H and O–H groups in total. The van der Waals surface area contributed by atoms with E-state index in [1.165, 1.54) is 0 Å². The van der Waals surface area contributed by atoms with Crippen LogP contribution in [0.2, 0.25) is 5.02 Å². The molecule has 0 aromatic heterocycles. The molecule has 0 spiro atoms. The average Bonchev–Trinajstić information content (AvgIpc) is 2.48. The van der Waals surface area contributed by atoms with E-state index < -0.39 is 0 Å². The summed E-state index contributed by atoms with van der Waals surface area (Å²) in [6.07, 6.45) is 0. The van der Waals surface area contributed by atoms with Crippen LogP contribution in [-0.4, -0.2) is 12.2 Å². The minimum absolute atomic E-state index is 0.0597. The SMILES string of the molecule is CN(Cc1ccc(Cl)cc1)c1ccc(CO)cc1C#N. The summed E-state index contributed by atoms with van der Waals surface area (Å²) in [6.45, 7) is 0.625. The van der Waals surface area contributed by atoms with E-state index in [9.17, 15) is 5.26 Å². The Morgan fingerprint density at radius 3 is 2.40 bits per heavy atom. The Morgan fingerprint density at radius 1 is 1.15 bits per heavy atom. The van der Waals surface area contributed by atoms with Crippen molar-refractivity contribution in [1.29, 1.82) is 5.26 Å². The summed E-state index contributed by atoms with van der Waals surface area (Å²) in [6, 6.07) is 15.2.